The maximum atomic E-state index is 11.2. The molecule has 0 radical (unpaired) electrons. The van der Waals surface area contributed by atoms with Crippen LogP contribution in [0, 0.1) is 6.92 Å². The SMILES string of the molecule is CCOC(=O)NNc1ccc(CNCC(C)(C)NCC(O)COc2ccccc2C)nn1. The second-order valence-electron chi connectivity index (χ2n) is 7.98. The second-order valence-corrected chi connectivity index (χ2v) is 7.98. The highest BCUT2D eigenvalue weighted by Gasteiger charge is 2.18. The van der Waals surface area contributed by atoms with Crippen molar-refractivity contribution in [3.05, 3.63) is 47.7 Å². The molecule has 0 spiro atoms. The predicted molar refractivity (Wildman–Crippen MR) is 122 cm³/mol. The molecule has 0 bridgehead atoms. The summed E-state index contributed by atoms with van der Waals surface area (Å²) in [6.07, 6.45) is -1.20. The third-order valence-electron chi connectivity index (χ3n) is 4.50. The fraction of sp³-hybridized carbons (Fsp3) is 0.500. The van der Waals surface area contributed by atoms with Crippen LogP contribution in [0.4, 0.5) is 10.6 Å². The molecule has 2 rings (SSSR count). The lowest BCUT2D eigenvalue weighted by Crippen LogP contribution is -2.50. The van der Waals surface area contributed by atoms with Crippen molar-refractivity contribution < 1.29 is 19.4 Å². The Labute approximate surface area is 189 Å². The first kappa shape index (κ1) is 25.3. The number of carbonyl (C=O) groups is 1. The van der Waals surface area contributed by atoms with Crippen LogP contribution in [0.25, 0.3) is 0 Å². The lowest BCUT2D eigenvalue weighted by atomic mass is 10.1. The molecule has 1 unspecified atom stereocenters. The molecule has 32 heavy (non-hydrogen) atoms. The number of nitrogens with one attached hydrogen (secondary N) is 4. The molecule has 10 heteroatoms. The van der Waals surface area contributed by atoms with Crippen molar-refractivity contribution in [3.63, 3.8) is 0 Å². The van der Waals surface area contributed by atoms with Crippen molar-refractivity contribution in [3.8, 4) is 5.75 Å². The van der Waals surface area contributed by atoms with Gasteiger partial charge in [-0.2, -0.15) is 5.10 Å². The van der Waals surface area contributed by atoms with Gasteiger partial charge in [0.05, 0.1) is 12.3 Å². The molecule has 2 aromatic rings. The molecular weight excluding hydrogens is 412 g/mol. The smallest absolute Gasteiger partial charge is 0.425 e. The topological polar surface area (TPSA) is 130 Å². The fourth-order valence-electron chi connectivity index (χ4n) is 2.73. The van der Waals surface area contributed by atoms with Gasteiger partial charge in [-0.25, -0.2) is 10.2 Å². The quantitative estimate of drug-likeness (QED) is 0.292. The van der Waals surface area contributed by atoms with Gasteiger partial charge >= 0.3 is 6.09 Å². The number of aromatic nitrogens is 2. The van der Waals surface area contributed by atoms with Crippen LogP contribution in [0.5, 0.6) is 5.75 Å². The van der Waals surface area contributed by atoms with Crippen molar-refractivity contribution in [2.75, 3.05) is 31.7 Å². The van der Waals surface area contributed by atoms with Gasteiger partial charge in [0, 0.05) is 25.2 Å². The highest BCUT2D eigenvalue weighted by atomic mass is 16.5. The van der Waals surface area contributed by atoms with E-state index in [2.05, 4.69) is 45.5 Å². The van der Waals surface area contributed by atoms with Crippen molar-refractivity contribution in [2.45, 2.75) is 45.9 Å². The molecule has 0 aliphatic heterocycles. The minimum absolute atomic E-state index is 0.225. The first-order valence-corrected chi connectivity index (χ1v) is 10.6. The largest absolute Gasteiger partial charge is 0.491 e. The summed E-state index contributed by atoms with van der Waals surface area (Å²) in [5.41, 5.74) is 6.54. The van der Waals surface area contributed by atoms with Gasteiger partial charge in [-0.1, -0.05) is 18.2 Å². The minimum Gasteiger partial charge on any atom is -0.491 e. The maximum Gasteiger partial charge on any atom is 0.425 e. The van der Waals surface area contributed by atoms with Crippen molar-refractivity contribution in [1.82, 2.24) is 26.3 Å². The molecule has 10 nitrogen and oxygen atoms in total. The van der Waals surface area contributed by atoms with Gasteiger partial charge in [0.2, 0.25) is 0 Å². The summed E-state index contributed by atoms with van der Waals surface area (Å²) in [6.45, 7) is 9.91. The highest BCUT2D eigenvalue weighted by molar-refractivity contribution is 5.68. The van der Waals surface area contributed by atoms with Crippen molar-refractivity contribution >= 4 is 11.9 Å². The lowest BCUT2D eigenvalue weighted by molar-refractivity contribution is 0.0984. The molecule has 0 saturated carbocycles. The van der Waals surface area contributed by atoms with E-state index in [1.165, 1.54) is 0 Å². The third-order valence-corrected chi connectivity index (χ3v) is 4.50. The molecule has 1 atom stereocenters. The summed E-state index contributed by atoms with van der Waals surface area (Å²) >= 11 is 0. The summed E-state index contributed by atoms with van der Waals surface area (Å²) < 4.78 is 10.4. The molecule has 176 valence electrons. The number of aliphatic hydroxyl groups excluding tert-OH is 1. The van der Waals surface area contributed by atoms with E-state index in [9.17, 15) is 9.90 Å². The van der Waals surface area contributed by atoms with Crippen LogP contribution in [-0.4, -0.2) is 59.3 Å². The number of hydrazine groups is 1. The standard InChI is InChI=1S/C22H34N6O4/c1-5-31-21(30)28-27-20-11-10-17(25-26-20)12-23-15-22(3,4)24-13-18(29)14-32-19-9-7-6-8-16(19)2/h6-11,18,23-24,29H,5,12-15H2,1-4H3,(H,26,27)(H,28,30). The number of amides is 1. The molecular formula is C22H34N6O4. The van der Waals surface area contributed by atoms with Crippen LogP contribution in [0.2, 0.25) is 0 Å². The Balaban J connectivity index is 1.66. The number of aryl methyl sites for hydroxylation is 1. The highest BCUT2D eigenvalue weighted by Crippen LogP contribution is 2.16. The number of aliphatic hydroxyl groups is 1. The zero-order valence-corrected chi connectivity index (χ0v) is 19.1. The van der Waals surface area contributed by atoms with Gasteiger partial charge in [-0.3, -0.25) is 5.43 Å². The van der Waals surface area contributed by atoms with E-state index >= 15 is 0 Å². The molecule has 0 aliphatic carbocycles. The molecule has 0 fully saturated rings. The zero-order chi connectivity index (χ0) is 23.4. The van der Waals surface area contributed by atoms with Crippen LogP contribution < -0.4 is 26.2 Å². The monoisotopic (exact) mass is 446 g/mol. The van der Waals surface area contributed by atoms with Gasteiger partial charge in [-0.05, 0) is 51.5 Å². The first-order chi connectivity index (χ1) is 15.3. The number of rotatable bonds is 13. The number of anilines is 1. The molecule has 5 N–H and O–H groups in total. The number of carbonyl (C=O) groups excluding carboxylic acids is 1. The Morgan fingerprint density at radius 1 is 1.19 bits per heavy atom. The van der Waals surface area contributed by atoms with Crippen LogP contribution in [0.3, 0.4) is 0 Å². The molecule has 1 heterocycles. The van der Waals surface area contributed by atoms with Crippen LogP contribution in [0.1, 0.15) is 32.0 Å². The summed E-state index contributed by atoms with van der Waals surface area (Å²) in [5.74, 6) is 1.19. The number of benzene rings is 1. The van der Waals surface area contributed by atoms with Gasteiger partial charge in [0.25, 0.3) is 0 Å². The van der Waals surface area contributed by atoms with Crippen LogP contribution in [0.15, 0.2) is 36.4 Å². The van der Waals surface area contributed by atoms with Crippen LogP contribution >= 0.6 is 0 Å². The number of para-hydroxylation sites is 1. The molecule has 1 aromatic heterocycles. The van der Waals surface area contributed by atoms with E-state index in [-0.39, 0.29) is 18.8 Å². The van der Waals surface area contributed by atoms with E-state index < -0.39 is 12.2 Å². The zero-order valence-electron chi connectivity index (χ0n) is 19.1. The predicted octanol–water partition coefficient (Wildman–Crippen LogP) is 1.76. The minimum atomic E-state index is -0.622. The summed E-state index contributed by atoms with van der Waals surface area (Å²) in [7, 11) is 0. The lowest BCUT2D eigenvalue weighted by Gasteiger charge is -2.28. The van der Waals surface area contributed by atoms with E-state index in [0.29, 0.717) is 25.5 Å². The molecule has 1 amide bonds. The summed E-state index contributed by atoms with van der Waals surface area (Å²) in [5, 5.41) is 25.0. The van der Waals surface area contributed by atoms with Gasteiger partial charge in [-0.15, -0.1) is 5.10 Å². The van der Waals surface area contributed by atoms with Gasteiger partial charge in [0.15, 0.2) is 5.82 Å². The van der Waals surface area contributed by atoms with Crippen molar-refractivity contribution in [2.24, 2.45) is 0 Å². The Bertz CT molecular complexity index is 831. The number of hydrogen-bond acceptors (Lipinski definition) is 9. The van der Waals surface area contributed by atoms with Crippen LogP contribution in [-0.2, 0) is 11.3 Å². The Morgan fingerprint density at radius 3 is 2.66 bits per heavy atom. The summed E-state index contributed by atoms with van der Waals surface area (Å²) in [6, 6.07) is 11.3. The normalized spacial score (nSPS) is 12.2. The van der Waals surface area contributed by atoms with E-state index in [4.69, 9.17) is 9.47 Å². The average Bonchev–Trinajstić information content (AvgIpc) is 2.77. The Morgan fingerprint density at radius 2 is 1.97 bits per heavy atom. The fourth-order valence-corrected chi connectivity index (χ4v) is 2.73. The van der Waals surface area contributed by atoms with Crippen molar-refractivity contribution in [1.29, 1.82) is 0 Å². The van der Waals surface area contributed by atoms with Gasteiger partial charge < -0.3 is 25.2 Å². The molecule has 0 aliphatic rings. The average molecular weight is 447 g/mol. The van der Waals surface area contributed by atoms with Gasteiger partial charge in [0.1, 0.15) is 18.5 Å². The Hall–Kier alpha value is -2.95. The second kappa shape index (κ2) is 12.8. The summed E-state index contributed by atoms with van der Waals surface area (Å²) in [4.78, 5) is 11.2. The number of nitrogens with zero attached hydrogens (tertiary/aromatic N) is 2. The number of ether oxygens (including phenoxy) is 2. The molecule has 1 aromatic carbocycles. The number of β-amino-alcohol motifs (C(OH)–C–C–N with tert-alkyl or cyclic N) is 1. The van der Waals surface area contributed by atoms with E-state index in [0.717, 1.165) is 17.0 Å². The third kappa shape index (κ3) is 9.46. The van der Waals surface area contributed by atoms with E-state index in [1.54, 1.807) is 13.0 Å². The Kier molecular flexibility index (Phi) is 10.1. The van der Waals surface area contributed by atoms with E-state index in [1.807, 2.05) is 37.3 Å². The first-order valence-electron chi connectivity index (χ1n) is 10.6. The molecule has 0 saturated heterocycles. The number of hydrogen-bond donors (Lipinski definition) is 5. The maximum absolute atomic E-state index is 11.2.